The molecule has 152 valence electrons. The Kier molecular flexibility index (Phi) is 5.00. The largest absolute Gasteiger partial charge is 0.325 e. The minimum absolute atomic E-state index is 0.316. The van der Waals surface area contributed by atoms with Crippen LogP contribution in [0.4, 0.5) is 11.5 Å². The second-order valence-electron chi connectivity index (χ2n) is 7.93. The van der Waals surface area contributed by atoms with Gasteiger partial charge in [-0.15, -0.1) is 11.3 Å². The zero-order valence-corrected chi connectivity index (χ0v) is 19.1. The molecule has 4 aromatic rings. The van der Waals surface area contributed by atoms with Crippen LogP contribution >= 0.6 is 22.9 Å². The Labute approximate surface area is 186 Å². The minimum atomic E-state index is 0.316. The van der Waals surface area contributed by atoms with Gasteiger partial charge in [-0.05, 0) is 73.0 Å². The second kappa shape index (κ2) is 7.68. The van der Waals surface area contributed by atoms with E-state index in [1.54, 1.807) is 11.3 Å². The molecule has 2 aromatic carbocycles. The summed E-state index contributed by atoms with van der Waals surface area (Å²) in [5.74, 6) is 0.932. The molecule has 0 aliphatic carbocycles. The number of benzene rings is 2. The number of anilines is 2. The Bertz CT molecular complexity index is 1260. The molecule has 0 atom stereocenters. The quantitative estimate of drug-likeness (QED) is 0.318. The van der Waals surface area contributed by atoms with Gasteiger partial charge in [-0.25, -0.2) is 4.98 Å². The fourth-order valence-corrected chi connectivity index (χ4v) is 5.75. The van der Waals surface area contributed by atoms with Gasteiger partial charge in [0.15, 0.2) is 0 Å². The highest BCUT2D eigenvalue weighted by Crippen LogP contribution is 2.45. The molecule has 3 heterocycles. The monoisotopic (exact) mass is 433 g/mol. The topological polar surface area (TPSA) is 29.0 Å². The van der Waals surface area contributed by atoms with Gasteiger partial charge < -0.3 is 4.90 Å². The van der Waals surface area contributed by atoms with Gasteiger partial charge in [-0.2, -0.15) is 4.98 Å². The van der Waals surface area contributed by atoms with Crippen molar-refractivity contribution < 1.29 is 0 Å². The van der Waals surface area contributed by atoms with Crippen LogP contribution in [0.25, 0.3) is 21.3 Å². The van der Waals surface area contributed by atoms with Crippen molar-refractivity contribution in [1.82, 2.24) is 9.97 Å². The third-order valence-electron chi connectivity index (χ3n) is 6.06. The van der Waals surface area contributed by atoms with Crippen molar-refractivity contribution in [3.8, 4) is 11.1 Å². The van der Waals surface area contributed by atoms with E-state index in [2.05, 4.69) is 73.1 Å². The van der Waals surface area contributed by atoms with Crippen LogP contribution < -0.4 is 4.90 Å². The summed E-state index contributed by atoms with van der Waals surface area (Å²) in [6, 6.07) is 15.4. The summed E-state index contributed by atoms with van der Waals surface area (Å²) in [4.78, 5) is 14.1. The van der Waals surface area contributed by atoms with Crippen LogP contribution in [-0.2, 0) is 12.8 Å². The highest BCUT2D eigenvalue weighted by molar-refractivity contribution is 7.19. The Morgan fingerprint density at radius 1 is 1.07 bits per heavy atom. The number of nitrogens with zero attached hydrogens (tertiary/aromatic N) is 3. The lowest BCUT2D eigenvalue weighted by Crippen LogP contribution is -2.25. The molecule has 0 unspecified atom stereocenters. The van der Waals surface area contributed by atoms with Crippen molar-refractivity contribution >= 4 is 44.7 Å². The minimum Gasteiger partial charge on any atom is -0.325 e. The van der Waals surface area contributed by atoms with E-state index in [1.807, 2.05) is 0 Å². The smallest absolute Gasteiger partial charge is 0.225 e. The van der Waals surface area contributed by atoms with Crippen molar-refractivity contribution in [1.29, 1.82) is 0 Å². The number of hydrogen-bond donors (Lipinski definition) is 0. The van der Waals surface area contributed by atoms with Crippen molar-refractivity contribution in [2.24, 2.45) is 0 Å². The lowest BCUT2D eigenvalue weighted by molar-refractivity contribution is 0.761. The van der Waals surface area contributed by atoms with Gasteiger partial charge in [0.25, 0.3) is 0 Å². The van der Waals surface area contributed by atoms with E-state index >= 15 is 0 Å². The van der Waals surface area contributed by atoms with E-state index in [4.69, 9.17) is 16.6 Å². The summed E-state index contributed by atoms with van der Waals surface area (Å²) in [7, 11) is 0. The molecule has 0 spiro atoms. The van der Waals surface area contributed by atoms with Crippen LogP contribution in [-0.4, -0.2) is 16.5 Å². The van der Waals surface area contributed by atoms with Crippen LogP contribution in [0.1, 0.15) is 34.9 Å². The molecule has 5 heteroatoms. The van der Waals surface area contributed by atoms with Gasteiger partial charge in [-0.3, -0.25) is 0 Å². The van der Waals surface area contributed by atoms with E-state index < -0.39 is 0 Å². The molecule has 0 amide bonds. The number of hydrogen-bond acceptors (Lipinski definition) is 4. The SMILES string of the molecule is CCc1sc2nc(Cl)nc(N3CCCc4ccccc43)c2c1-c1ccc(C)c(C)c1. The number of thiophene rings is 1. The number of para-hydroxylation sites is 1. The zero-order chi connectivity index (χ0) is 20.8. The van der Waals surface area contributed by atoms with E-state index in [1.165, 1.54) is 38.4 Å². The maximum atomic E-state index is 6.42. The molecule has 0 saturated carbocycles. The predicted molar refractivity (Wildman–Crippen MR) is 128 cm³/mol. The summed E-state index contributed by atoms with van der Waals surface area (Å²) in [5.41, 5.74) is 7.70. The van der Waals surface area contributed by atoms with Crippen molar-refractivity contribution in [3.63, 3.8) is 0 Å². The zero-order valence-electron chi connectivity index (χ0n) is 17.5. The fraction of sp³-hybridized carbons (Fsp3) is 0.280. The van der Waals surface area contributed by atoms with E-state index in [-0.39, 0.29) is 0 Å². The van der Waals surface area contributed by atoms with Crippen LogP contribution in [0.15, 0.2) is 42.5 Å². The molecule has 0 saturated heterocycles. The first-order valence-corrected chi connectivity index (χ1v) is 11.7. The number of rotatable bonds is 3. The highest BCUT2D eigenvalue weighted by Gasteiger charge is 2.26. The molecule has 0 bridgehead atoms. The normalized spacial score (nSPS) is 13.7. The third-order valence-corrected chi connectivity index (χ3v) is 7.46. The Morgan fingerprint density at radius 2 is 1.90 bits per heavy atom. The second-order valence-corrected chi connectivity index (χ2v) is 9.35. The average Bonchev–Trinajstić information content (AvgIpc) is 3.13. The molecule has 0 radical (unpaired) electrons. The summed E-state index contributed by atoms with van der Waals surface area (Å²) < 4.78 is 0. The van der Waals surface area contributed by atoms with E-state index in [0.29, 0.717) is 5.28 Å². The van der Waals surface area contributed by atoms with E-state index in [0.717, 1.165) is 41.8 Å². The molecule has 5 rings (SSSR count). The standard InChI is InChI=1S/C25H24ClN3S/c1-4-20-21(18-12-11-15(2)16(3)14-18)22-23(27-25(26)28-24(22)30-20)29-13-7-9-17-8-5-6-10-19(17)29/h5-6,8,10-12,14H,4,7,9,13H2,1-3H3. The molecule has 3 nitrogen and oxygen atoms in total. The van der Waals surface area contributed by atoms with E-state index in [9.17, 15) is 0 Å². The first kappa shape index (κ1) is 19.5. The predicted octanol–water partition coefficient (Wildman–Crippen LogP) is 7.28. The number of halogens is 1. The summed E-state index contributed by atoms with van der Waals surface area (Å²) in [6.45, 7) is 7.47. The highest BCUT2D eigenvalue weighted by atomic mass is 35.5. The Hall–Kier alpha value is -2.43. The molecule has 0 N–H and O–H groups in total. The van der Waals surface area contributed by atoms with Gasteiger partial charge >= 0.3 is 0 Å². The molecule has 0 fully saturated rings. The Balaban J connectivity index is 1.82. The lowest BCUT2D eigenvalue weighted by Gasteiger charge is -2.31. The first-order valence-electron chi connectivity index (χ1n) is 10.5. The maximum absolute atomic E-state index is 6.42. The first-order chi connectivity index (χ1) is 14.6. The van der Waals surface area contributed by atoms with Crippen molar-refractivity contribution in [2.75, 3.05) is 11.4 Å². The number of aromatic nitrogens is 2. The number of fused-ring (bicyclic) bond motifs is 2. The number of aryl methyl sites for hydroxylation is 4. The fourth-order valence-electron chi connectivity index (χ4n) is 4.40. The summed E-state index contributed by atoms with van der Waals surface area (Å²) in [5, 5.41) is 1.44. The molecule has 1 aliphatic rings. The van der Waals surface area contributed by atoms with Gasteiger partial charge in [0.05, 0.1) is 5.39 Å². The average molecular weight is 434 g/mol. The third kappa shape index (κ3) is 3.19. The van der Waals surface area contributed by atoms with Crippen LogP contribution in [0.3, 0.4) is 0 Å². The van der Waals surface area contributed by atoms with Gasteiger partial charge in [0.1, 0.15) is 10.6 Å². The molecule has 30 heavy (non-hydrogen) atoms. The summed E-state index contributed by atoms with van der Waals surface area (Å²) in [6.07, 6.45) is 3.16. The van der Waals surface area contributed by atoms with Gasteiger partial charge in [-0.1, -0.05) is 43.3 Å². The maximum Gasteiger partial charge on any atom is 0.225 e. The molecular formula is C25H24ClN3S. The van der Waals surface area contributed by atoms with Crippen LogP contribution in [0.2, 0.25) is 5.28 Å². The van der Waals surface area contributed by atoms with Crippen LogP contribution in [0.5, 0.6) is 0 Å². The van der Waals surface area contributed by atoms with Gasteiger partial charge in [0.2, 0.25) is 5.28 Å². The van der Waals surface area contributed by atoms with Crippen LogP contribution in [0, 0.1) is 13.8 Å². The molecule has 2 aromatic heterocycles. The Morgan fingerprint density at radius 3 is 2.70 bits per heavy atom. The van der Waals surface area contributed by atoms with Gasteiger partial charge in [0, 0.05) is 22.7 Å². The van der Waals surface area contributed by atoms with Crippen molar-refractivity contribution in [3.05, 3.63) is 69.3 Å². The molecule has 1 aliphatic heterocycles. The molecular weight excluding hydrogens is 410 g/mol. The van der Waals surface area contributed by atoms with Crippen molar-refractivity contribution in [2.45, 2.75) is 40.0 Å². The summed E-state index contributed by atoms with van der Waals surface area (Å²) >= 11 is 8.16. The lowest BCUT2D eigenvalue weighted by atomic mass is 9.97.